The lowest BCUT2D eigenvalue weighted by atomic mass is 9.99. The smallest absolute Gasteiger partial charge is 0.123 e. The van der Waals surface area contributed by atoms with E-state index in [0.717, 1.165) is 5.56 Å². The summed E-state index contributed by atoms with van der Waals surface area (Å²) in [4.78, 5) is 0. The largest absolute Gasteiger partial charge is 0.271 e. The number of rotatable bonds is 3. The Morgan fingerprint density at radius 1 is 1.12 bits per heavy atom. The first-order valence-electron chi connectivity index (χ1n) is 5.18. The van der Waals surface area contributed by atoms with Crippen LogP contribution in [0.5, 0.6) is 0 Å². The zero-order valence-corrected chi connectivity index (χ0v) is 9.79. The van der Waals surface area contributed by atoms with Gasteiger partial charge in [-0.05, 0) is 29.3 Å². The monoisotopic (exact) mass is 250 g/mol. The fraction of sp³-hybridized carbons (Fsp3) is 0.0769. The molecule has 0 aliphatic carbocycles. The Kier molecular flexibility index (Phi) is 3.74. The third-order valence-corrected chi connectivity index (χ3v) is 2.91. The third-order valence-electron chi connectivity index (χ3n) is 2.57. The second-order valence-corrected chi connectivity index (χ2v) is 4.08. The van der Waals surface area contributed by atoms with Gasteiger partial charge in [0.2, 0.25) is 0 Å². The second-order valence-electron chi connectivity index (χ2n) is 3.68. The second kappa shape index (κ2) is 5.27. The van der Waals surface area contributed by atoms with Crippen molar-refractivity contribution in [2.75, 3.05) is 0 Å². The highest BCUT2D eigenvalue weighted by molar-refractivity contribution is 6.31. The summed E-state index contributed by atoms with van der Waals surface area (Å²) in [5.41, 5.74) is 4.21. The van der Waals surface area contributed by atoms with E-state index in [1.165, 1.54) is 18.2 Å². The van der Waals surface area contributed by atoms with Crippen LogP contribution in [-0.4, -0.2) is 0 Å². The first kappa shape index (κ1) is 12.0. The Morgan fingerprint density at radius 2 is 1.82 bits per heavy atom. The summed E-state index contributed by atoms with van der Waals surface area (Å²) in [6.45, 7) is 0. The van der Waals surface area contributed by atoms with Crippen molar-refractivity contribution in [3.63, 3.8) is 0 Å². The highest BCUT2D eigenvalue weighted by Gasteiger charge is 2.15. The van der Waals surface area contributed by atoms with Gasteiger partial charge in [-0.1, -0.05) is 41.9 Å². The molecule has 0 radical (unpaired) electrons. The summed E-state index contributed by atoms with van der Waals surface area (Å²) in [6.07, 6.45) is 0. The number of nitrogens with one attached hydrogen (secondary N) is 1. The first-order valence-corrected chi connectivity index (χ1v) is 5.56. The van der Waals surface area contributed by atoms with Crippen molar-refractivity contribution in [2.24, 2.45) is 5.84 Å². The minimum Gasteiger partial charge on any atom is -0.271 e. The van der Waals surface area contributed by atoms with Crippen molar-refractivity contribution >= 4 is 11.6 Å². The quantitative estimate of drug-likeness (QED) is 0.649. The van der Waals surface area contributed by atoms with Crippen molar-refractivity contribution in [3.8, 4) is 0 Å². The molecule has 0 aromatic heterocycles. The van der Waals surface area contributed by atoms with E-state index in [1.54, 1.807) is 0 Å². The van der Waals surface area contributed by atoms with Crippen molar-refractivity contribution < 1.29 is 4.39 Å². The van der Waals surface area contributed by atoms with Crippen LogP contribution < -0.4 is 11.3 Å². The molecule has 2 aromatic carbocycles. The van der Waals surface area contributed by atoms with E-state index >= 15 is 0 Å². The van der Waals surface area contributed by atoms with E-state index in [9.17, 15) is 4.39 Å². The predicted molar refractivity (Wildman–Crippen MR) is 67.0 cm³/mol. The molecule has 1 atom stereocenters. The molecule has 88 valence electrons. The Morgan fingerprint density at radius 3 is 2.47 bits per heavy atom. The highest BCUT2D eigenvalue weighted by Crippen LogP contribution is 2.28. The van der Waals surface area contributed by atoms with Crippen LogP contribution in [0.3, 0.4) is 0 Å². The minimum atomic E-state index is -0.333. The van der Waals surface area contributed by atoms with Gasteiger partial charge >= 0.3 is 0 Å². The molecule has 1 unspecified atom stereocenters. The van der Waals surface area contributed by atoms with Gasteiger partial charge in [-0.2, -0.15) is 0 Å². The molecule has 0 spiro atoms. The SMILES string of the molecule is NNC(c1ccccc1)c1cc(F)ccc1Cl. The van der Waals surface area contributed by atoms with Crippen molar-refractivity contribution in [1.29, 1.82) is 0 Å². The van der Waals surface area contributed by atoms with E-state index in [-0.39, 0.29) is 11.9 Å². The average Bonchev–Trinajstić information content (AvgIpc) is 2.36. The maximum absolute atomic E-state index is 13.2. The highest BCUT2D eigenvalue weighted by atomic mass is 35.5. The Bertz CT molecular complexity index is 502. The lowest BCUT2D eigenvalue weighted by Gasteiger charge is -2.18. The fourth-order valence-electron chi connectivity index (χ4n) is 1.75. The number of hydrazine groups is 1. The average molecular weight is 251 g/mol. The number of hydrogen-bond acceptors (Lipinski definition) is 2. The van der Waals surface area contributed by atoms with E-state index < -0.39 is 0 Å². The molecule has 3 N–H and O–H groups in total. The summed E-state index contributed by atoms with van der Waals surface area (Å²) in [5, 5.41) is 0.484. The van der Waals surface area contributed by atoms with Gasteiger partial charge in [0.05, 0.1) is 6.04 Å². The van der Waals surface area contributed by atoms with Gasteiger partial charge in [-0.25, -0.2) is 9.82 Å². The van der Waals surface area contributed by atoms with Gasteiger partial charge in [0, 0.05) is 5.02 Å². The zero-order chi connectivity index (χ0) is 12.3. The molecule has 0 saturated carbocycles. The van der Waals surface area contributed by atoms with Crippen molar-refractivity contribution in [3.05, 3.63) is 70.5 Å². The summed E-state index contributed by atoms with van der Waals surface area (Å²) in [7, 11) is 0. The van der Waals surface area contributed by atoms with Crippen LogP contribution in [0, 0.1) is 5.82 Å². The molecule has 0 amide bonds. The summed E-state index contributed by atoms with van der Waals surface area (Å²) >= 11 is 6.06. The molecule has 0 aliphatic heterocycles. The van der Waals surface area contributed by atoms with Crippen LogP contribution in [0.25, 0.3) is 0 Å². The molecule has 4 heteroatoms. The van der Waals surface area contributed by atoms with Crippen LogP contribution in [0.2, 0.25) is 5.02 Å². The molecule has 0 saturated heterocycles. The maximum atomic E-state index is 13.2. The normalized spacial score (nSPS) is 12.4. The number of hydrogen-bond donors (Lipinski definition) is 2. The van der Waals surface area contributed by atoms with Crippen molar-refractivity contribution in [1.82, 2.24) is 5.43 Å². The number of nitrogens with two attached hydrogens (primary N) is 1. The van der Waals surface area contributed by atoms with Crippen LogP contribution in [0.1, 0.15) is 17.2 Å². The summed E-state index contributed by atoms with van der Waals surface area (Å²) in [6, 6.07) is 13.4. The molecule has 17 heavy (non-hydrogen) atoms. The van der Waals surface area contributed by atoms with Crippen molar-refractivity contribution in [2.45, 2.75) is 6.04 Å². The number of halogens is 2. The minimum absolute atomic E-state index is 0.320. The molecule has 0 fully saturated rings. The molecular formula is C13H12ClFN2. The predicted octanol–water partition coefficient (Wildman–Crippen LogP) is 3.03. The standard InChI is InChI=1S/C13H12ClFN2/c14-12-7-6-10(15)8-11(12)13(17-16)9-4-2-1-3-5-9/h1-8,13,17H,16H2. The Balaban J connectivity index is 2.46. The molecule has 0 heterocycles. The van der Waals surface area contributed by atoms with E-state index in [1.807, 2.05) is 30.3 Å². The van der Waals surface area contributed by atoms with Crippen LogP contribution >= 0.6 is 11.6 Å². The summed E-state index contributed by atoms with van der Waals surface area (Å²) in [5.74, 6) is 5.19. The molecule has 2 nitrogen and oxygen atoms in total. The fourth-order valence-corrected chi connectivity index (χ4v) is 1.97. The zero-order valence-electron chi connectivity index (χ0n) is 9.03. The Labute approximate surface area is 104 Å². The van der Waals surface area contributed by atoms with Crippen LogP contribution in [0.15, 0.2) is 48.5 Å². The number of benzene rings is 2. The topological polar surface area (TPSA) is 38.0 Å². The van der Waals surface area contributed by atoms with E-state index in [2.05, 4.69) is 5.43 Å². The van der Waals surface area contributed by atoms with Crippen LogP contribution in [0.4, 0.5) is 4.39 Å². The van der Waals surface area contributed by atoms with Gasteiger partial charge in [0.25, 0.3) is 0 Å². The van der Waals surface area contributed by atoms with Gasteiger partial charge in [0.1, 0.15) is 5.82 Å². The van der Waals surface area contributed by atoms with E-state index in [0.29, 0.717) is 10.6 Å². The van der Waals surface area contributed by atoms with Crippen LogP contribution in [-0.2, 0) is 0 Å². The van der Waals surface area contributed by atoms with Gasteiger partial charge in [-0.15, -0.1) is 0 Å². The van der Waals surface area contributed by atoms with Gasteiger partial charge < -0.3 is 0 Å². The molecule has 2 rings (SSSR count). The molecule has 0 bridgehead atoms. The van der Waals surface area contributed by atoms with E-state index in [4.69, 9.17) is 17.4 Å². The Hall–Kier alpha value is -1.42. The van der Waals surface area contributed by atoms with Gasteiger partial charge in [-0.3, -0.25) is 5.84 Å². The lowest BCUT2D eigenvalue weighted by Crippen LogP contribution is -2.29. The van der Waals surface area contributed by atoms with Gasteiger partial charge in [0.15, 0.2) is 0 Å². The summed E-state index contributed by atoms with van der Waals surface area (Å²) < 4.78 is 13.2. The third kappa shape index (κ3) is 2.64. The molecular weight excluding hydrogens is 239 g/mol. The lowest BCUT2D eigenvalue weighted by molar-refractivity contribution is 0.605. The molecule has 0 aliphatic rings. The molecule has 2 aromatic rings. The first-order chi connectivity index (χ1) is 8.22. The maximum Gasteiger partial charge on any atom is 0.123 e.